The first-order chi connectivity index (χ1) is 5.66. The molecule has 0 aromatic heterocycles. The minimum Gasteiger partial charge on any atom is -0.316 e. The first-order valence-electron chi connectivity index (χ1n) is 3.43. The maximum atomic E-state index is 5.92. The van der Waals surface area contributed by atoms with Crippen LogP contribution >= 0.6 is 34.8 Å². The highest BCUT2D eigenvalue weighted by molar-refractivity contribution is 6.44. The number of benzene rings is 1. The smallest absolute Gasteiger partial charge is 0.0652 e. The van der Waals surface area contributed by atoms with Crippen molar-refractivity contribution in [2.75, 3.05) is 7.05 Å². The van der Waals surface area contributed by atoms with E-state index >= 15 is 0 Å². The lowest BCUT2D eigenvalue weighted by Gasteiger charge is -2.06. The second-order valence-corrected chi connectivity index (χ2v) is 3.54. The van der Waals surface area contributed by atoms with Crippen molar-refractivity contribution in [1.29, 1.82) is 0 Å². The van der Waals surface area contributed by atoms with E-state index in [-0.39, 0.29) is 0 Å². The summed E-state index contributed by atoms with van der Waals surface area (Å²) < 4.78 is 0. The molecule has 0 unspecified atom stereocenters. The Kier molecular flexibility index (Phi) is 3.66. The van der Waals surface area contributed by atoms with Gasteiger partial charge in [0.05, 0.1) is 10.0 Å². The average molecular weight is 225 g/mol. The Bertz CT molecular complexity index is 286. The van der Waals surface area contributed by atoms with Crippen LogP contribution in [0.1, 0.15) is 5.56 Å². The molecule has 1 N–H and O–H groups in total. The Labute approximate surface area is 86.6 Å². The molecule has 12 heavy (non-hydrogen) atoms. The van der Waals surface area contributed by atoms with Gasteiger partial charge in [-0.05, 0) is 19.2 Å². The molecule has 0 saturated carbocycles. The topological polar surface area (TPSA) is 12.0 Å². The van der Waals surface area contributed by atoms with Crippen molar-refractivity contribution < 1.29 is 0 Å². The summed E-state index contributed by atoms with van der Waals surface area (Å²) in [6.07, 6.45) is 0. The molecule has 66 valence electrons. The molecule has 0 spiro atoms. The number of hydrogen-bond donors (Lipinski definition) is 1. The van der Waals surface area contributed by atoms with E-state index in [1.807, 2.05) is 7.05 Å². The Morgan fingerprint density at radius 2 is 1.75 bits per heavy atom. The first kappa shape index (κ1) is 10.1. The molecule has 0 bridgehead atoms. The van der Waals surface area contributed by atoms with E-state index in [2.05, 4.69) is 5.32 Å². The van der Waals surface area contributed by atoms with Crippen LogP contribution in [0.2, 0.25) is 15.1 Å². The van der Waals surface area contributed by atoms with Gasteiger partial charge in [0.2, 0.25) is 0 Å². The van der Waals surface area contributed by atoms with Crippen molar-refractivity contribution in [2.24, 2.45) is 0 Å². The fraction of sp³-hybridized carbons (Fsp3) is 0.250. The molecule has 0 aliphatic heterocycles. The summed E-state index contributed by atoms with van der Waals surface area (Å²) in [7, 11) is 1.83. The predicted octanol–water partition coefficient (Wildman–Crippen LogP) is 3.37. The fourth-order valence-corrected chi connectivity index (χ4v) is 1.59. The second kappa shape index (κ2) is 4.33. The molecular formula is C8H8Cl3N. The van der Waals surface area contributed by atoms with Gasteiger partial charge in [-0.3, -0.25) is 0 Å². The summed E-state index contributed by atoms with van der Waals surface area (Å²) in [5.74, 6) is 0. The minimum absolute atomic E-state index is 0.526. The van der Waals surface area contributed by atoms with Crippen molar-refractivity contribution in [3.05, 3.63) is 32.8 Å². The Hall–Kier alpha value is 0.0500. The zero-order valence-corrected chi connectivity index (χ0v) is 8.76. The van der Waals surface area contributed by atoms with Crippen molar-refractivity contribution in [1.82, 2.24) is 5.32 Å². The van der Waals surface area contributed by atoms with Gasteiger partial charge in [-0.15, -0.1) is 0 Å². The largest absolute Gasteiger partial charge is 0.316 e. The summed E-state index contributed by atoms with van der Waals surface area (Å²) in [5, 5.41) is 4.66. The quantitative estimate of drug-likeness (QED) is 0.760. The van der Waals surface area contributed by atoms with Crippen LogP contribution in [0.25, 0.3) is 0 Å². The van der Waals surface area contributed by atoms with E-state index in [0.29, 0.717) is 21.6 Å². The summed E-state index contributed by atoms with van der Waals surface area (Å²) in [6, 6.07) is 3.42. The monoisotopic (exact) mass is 223 g/mol. The van der Waals surface area contributed by atoms with Gasteiger partial charge in [-0.2, -0.15) is 0 Å². The van der Waals surface area contributed by atoms with Gasteiger partial charge in [-0.1, -0.05) is 34.8 Å². The maximum absolute atomic E-state index is 5.92. The summed E-state index contributed by atoms with van der Waals surface area (Å²) in [5.41, 5.74) is 0.841. The van der Waals surface area contributed by atoms with Crippen LogP contribution in [0.15, 0.2) is 12.1 Å². The van der Waals surface area contributed by atoms with Gasteiger partial charge in [0.1, 0.15) is 0 Å². The highest BCUT2D eigenvalue weighted by atomic mass is 35.5. The van der Waals surface area contributed by atoms with Crippen LogP contribution in [0.4, 0.5) is 0 Å². The lowest BCUT2D eigenvalue weighted by atomic mass is 10.2. The summed E-state index contributed by atoms with van der Waals surface area (Å²) in [4.78, 5) is 0. The molecule has 0 atom stereocenters. The average Bonchev–Trinajstić information content (AvgIpc) is 2.06. The van der Waals surface area contributed by atoms with Gasteiger partial charge < -0.3 is 5.32 Å². The zero-order valence-electron chi connectivity index (χ0n) is 6.50. The van der Waals surface area contributed by atoms with E-state index in [1.54, 1.807) is 12.1 Å². The highest BCUT2D eigenvalue weighted by Crippen LogP contribution is 2.30. The molecule has 1 aromatic carbocycles. The van der Waals surface area contributed by atoms with Crippen LogP contribution in [0.3, 0.4) is 0 Å². The van der Waals surface area contributed by atoms with Crippen LogP contribution in [-0.2, 0) is 6.54 Å². The summed E-state index contributed by atoms with van der Waals surface area (Å²) >= 11 is 17.6. The van der Waals surface area contributed by atoms with Crippen LogP contribution in [-0.4, -0.2) is 7.05 Å². The van der Waals surface area contributed by atoms with E-state index in [0.717, 1.165) is 5.56 Å². The molecule has 0 radical (unpaired) electrons. The lowest BCUT2D eigenvalue weighted by Crippen LogP contribution is -2.06. The minimum atomic E-state index is 0.526. The van der Waals surface area contributed by atoms with Crippen LogP contribution < -0.4 is 5.32 Å². The second-order valence-electron chi connectivity index (χ2n) is 2.35. The van der Waals surface area contributed by atoms with Crippen LogP contribution in [0, 0.1) is 0 Å². The molecule has 0 heterocycles. The Balaban J connectivity index is 3.14. The molecule has 1 aromatic rings. The van der Waals surface area contributed by atoms with Crippen molar-refractivity contribution in [2.45, 2.75) is 6.54 Å². The van der Waals surface area contributed by atoms with E-state index in [4.69, 9.17) is 34.8 Å². The molecule has 4 heteroatoms. The first-order valence-corrected chi connectivity index (χ1v) is 4.57. The third-order valence-corrected chi connectivity index (χ3v) is 2.69. The SMILES string of the molecule is CNCc1c(Cl)ccc(Cl)c1Cl. The molecule has 0 saturated heterocycles. The van der Waals surface area contributed by atoms with E-state index in [1.165, 1.54) is 0 Å². The molecule has 0 aliphatic rings. The Morgan fingerprint density at radius 3 is 2.33 bits per heavy atom. The van der Waals surface area contributed by atoms with Gasteiger partial charge in [0, 0.05) is 17.1 Å². The standard InChI is InChI=1S/C8H8Cl3N/c1-12-4-5-6(9)2-3-7(10)8(5)11/h2-3,12H,4H2,1H3. The van der Waals surface area contributed by atoms with E-state index in [9.17, 15) is 0 Å². The van der Waals surface area contributed by atoms with Crippen molar-refractivity contribution >= 4 is 34.8 Å². The van der Waals surface area contributed by atoms with Crippen molar-refractivity contribution in [3.63, 3.8) is 0 Å². The van der Waals surface area contributed by atoms with Gasteiger partial charge >= 0.3 is 0 Å². The fourth-order valence-electron chi connectivity index (χ4n) is 0.908. The molecular weight excluding hydrogens is 216 g/mol. The normalized spacial score (nSPS) is 10.3. The highest BCUT2D eigenvalue weighted by Gasteiger charge is 2.07. The predicted molar refractivity (Wildman–Crippen MR) is 54.2 cm³/mol. The molecule has 0 aliphatic carbocycles. The number of nitrogens with one attached hydrogen (secondary N) is 1. The number of rotatable bonds is 2. The third kappa shape index (κ3) is 2.05. The molecule has 1 rings (SSSR count). The summed E-state index contributed by atoms with van der Waals surface area (Å²) in [6.45, 7) is 0.623. The van der Waals surface area contributed by atoms with E-state index < -0.39 is 0 Å². The third-order valence-electron chi connectivity index (χ3n) is 1.49. The molecule has 1 nitrogen and oxygen atoms in total. The van der Waals surface area contributed by atoms with Crippen LogP contribution in [0.5, 0.6) is 0 Å². The Morgan fingerprint density at radius 1 is 1.17 bits per heavy atom. The molecule has 0 fully saturated rings. The maximum Gasteiger partial charge on any atom is 0.0652 e. The van der Waals surface area contributed by atoms with Gasteiger partial charge in [0.25, 0.3) is 0 Å². The van der Waals surface area contributed by atoms with Gasteiger partial charge in [0.15, 0.2) is 0 Å². The molecule has 0 amide bonds. The van der Waals surface area contributed by atoms with Crippen molar-refractivity contribution in [3.8, 4) is 0 Å². The number of hydrogen-bond acceptors (Lipinski definition) is 1. The zero-order chi connectivity index (χ0) is 9.14. The van der Waals surface area contributed by atoms with Gasteiger partial charge in [-0.25, -0.2) is 0 Å². The number of halogens is 3. The lowest BCUT2D eigenvalue weighted by molar-refractivity contribution is 0.818.